The second kappa shape index (κ2) is 8.57. The van der Waals surface area contributed by atoms with Crippen LogP contribution >= 0.6 is 11.3 Å². The molecule has 1 aromatic heterocycles. The van der Waals surface area contributed by atoms with Crippen molar-refractivity contribution in [1.29, 1.82) is 0 Å². The number of benzene rings is 2. The van der Waals surface area contributed by atoms with Gasteiger partial charge in [-0.05, 0) is 43.9 Å². The Morgan fingerprint density at radius 1 is 1.07 bits per heavy atom. The Labute approximate surface area is 174 Å². The zero-order valence-electron chi connectivity index (χ0n) is 16.2. The van der Waals surface area contributed by atoms with E-state index >= 15 is 0 Å². The summed E-state index contributed by atoms with van der Waals surface area (Å²) < 4.78 is 0. The lowest BCUT2D eigenvalue weighted by molar-refractivity contribution is -0.123. The lowest BCUT2D eigenvalue weighted by Gasteiger charge is -2.23. The fourth-order valence-electron chi connectivity index (χ4n) is 3.62. The minimum Gasteiger partial charge on any atom is -0.349 e. The monoisotopic (exact) mass is 405 g/mol. The van der Waals surface area contributed by atoms with Crippen molar-refractivity contribution in [3.05, 3.63) is 82.4 Å². The van der Waals surface area contributed by atoms with E-state index in [1.807, 2.05) is 55.5 Å². The molecule has 2 amide bonds. The SMILES string of the molecule is CC(NC(=O)C1CCCc2sc(NC(=O)c3ccccc3)nc21)c1ccccc1. The molecule has 148 valence electrons. The Kier molecular flexibility index (Phi) is 5.71. The van der Waals surface area contributed by atoms with Crippen LogP contribution in [0.4, 0.5) is 5.13 Å². The fourth-order valence-corrected chi connectivity index (χ4v) is 4.68. The topological polar surface area (TPSA) is 71.1 Å². The molecule has 0 bridgehead atoms. The molecule has 2 atom stereocenters. The lowest BCUT2D eigenvalue weighted by atomic mass is 9.90. The van der Waals surface area contributed by atoms with Gasteiger partial charge in [-0.15, -0.1) is 11.3 Å². The van der Waals surface area contributed by atoms with Gasteiger partial charge >= 0.3 is 0 Å². The van der Waals surface area contributed by atoms with Gasteiger partial charge in [0.1, 0.15) is 0 Å². The van der Waals surface area contributed by atoms with E-state index in [0.29, 0.717) is 10.7 Å². The molecule has 1 heterocycles. The van der Waals surface area contributed by atoms with Crippen molar-refractivity contribution in [2.24, 2.45) is 0 Å². The van der Waals surface area contributed by atoms with Gasteiger partial charge in [0.15, 0.2) is 5.13 Å². The molecule has 2 N–H and O–H groups in total. The number of hydrogen-bond donors (Lipinski definition) is 2. The Morgan fingerprint density at radius 2 is 1.76 bits per heavy atom. The fraction of sp³-hybridized carbons (Fsp3) is 0.261. The van der Waals surface area contributed by atoms with Crippen molar-refractivity contribution in [3.63, 3.8) is 0 Å². The van der Waals surface area contributed by atoms with Crippen LogP contribution in [0.2, 0.25) is 0 Å². The molecule has 5 nitrogen and oxygen atoms in total. The molecule has 0 spiro atoms. The summed E-state index contributed by atoms with van der Waals surface area (Å²) in [6.45, 7) is 1.99. The first-order valence-corrected chi connectivity index (χ1v) is 10.6. The molecule has 0 radical (unpaired) electrons. The number of hydrogen-bond acceptors (Lipinski definition) is 4. The summed E-state index contributed by atoms with van der Waals surface area (Å²) >= 11 is 1.47. The molecule has 1 aliphatic carbocycles. The maximum atomic E-state index is 13.0. The van der Waals surface area contributed by atoms with Crippen LogP contribution in [0.5, 0.6) is 0 Å². The van der Waals surface area contributed by atoms with Crippen LogP contribution < -0.4 is 10.6 Å². The highest BCUT2D eigenvalue weighted by Gasteiger charge is 2.31. The average Bonchev–Trinajstić information content (AvgIpc) is 3.17. The number of fused-ring (bicyclic) bond motifs is 1. The van der Waals surface area contributed by atoms with E-state index in [1.54, 1.807) is 12.1 Å². The molecule has 4 rings (SSSR count). The minimum atomic E-state index is -0.275. The van der Waals surface area contributed by atoms with E-state index in [-0.39, 0.29) is 23.8 Å². The third-order valence-electron chi connectivity index (χ3n) is 5.19. The van der Waals surface area contributed by atoms with Crippen molar-refractivity contribution in [2.75, 3.05) is 5.32 Å². The summed E-state index contributed by atoms with van der Waals surface area (Å²) in [5.74, 6) is -0.465. The number of amides is 2. The minimum absolute atomic E-state index is 0.00598. The number of nitrogens with zero attached hydrogens (tertiary/aromatic N) is 1. The zero-order chi connectivity index (χ0) is 20.2. The first kappa shape index (κ1) is 19.3. The highest BCUT2D eigenvalue weighted by molar-refractivity contribution is 7.16. The Morgan fingerprint density at radius 3 is 2.48 bits per heavy atom. The summed E-state index contributed by atoms with van der Waals surface area (Å²) in [5, 5.41) is 6.55. The molecule has 6 heteroatoms. The van der Waals surface area contributed by atoms with Gasteiger partial charge in [0.2, 0.25) is 5.91 Å². The van der Waals surface area contributed by atoms with Gasteiger partial charge in [0.05, 0.1) is 17.7 Å². The summed E-state index contributed by atoms with van der Waals surface area (Å²) in [5.41, 5.74) is 2.47. The van der Waals surface area contributed by atoms with E-state index in [9.17, 15) is 9.59 Å². The van der Waals surface area contributed by atoms with Crippen LogP contribution in [0.1, 0.15) is 58.2 Å². The molecule has 29 heavy (non-hydrogen) atoms. The number of aromatic nitrogens is 1. The van der Waals surface area contributed by atoms with Gasteiger partial charge in [-0.1, -0.05) is 48.5 Å². The first-order chi connectivity index (χ1) is 14.1. The molecule has 2 aromatic carbocycles. The third-order valence-corrected chi connectivity index (χ3v) is 6.23. The second-order valence-electron chi connectivity index (χ2n) is 7.23. The number of thiazole rings is 1. The van der Waals surface area contributed by atoms with Gasteiger partial charge < -0.3 is 5.32 Å². The average molecular weight is 406 g/mol. The maximum Gasteiger partial charge on any atom is 0.257 e. The molecule has 1 aliphatic rings. The van der Waals surface area contributed by atoms with Crippen LogP contribution in [0.3, 0.4) is 0 Å². The highest BCUT2D eigenvalue weighted by Crippen LogP contribution is 2.37. The zero-order valence-corrected chi connectivity index (χ0v) is 17.0. The van der Waals surface area contributed by atoms with Crippen LogP contribution in [0.25, 0.3) is 0 Å². The molecular formula is C23H23N3O2S. The highest BCUT2D eigenvalue weighted by atomic mass is 32.1. The third kappa shape index (κ3) is 4.38. The summed E-state index contributed by atoms with van der Waals surface area (Å²) in [6.07, 6.45) is 2.61. The molecular weight excluding hydrogens is 382 g/mol. The van der Waals surface area contributed by atoms with Gasteiger partial charge in [0.25, 0.3) is 5.91 Å². The number of carbonyl (C=O) groups is 2. The van der Waals surface area contributed by atoms with Crippen LogP contribution in [0, 0.1) is 0 Å². The number of nitrogens with one attached hydrogen (secondary N) is 2. The van der Waals surface area contributed by atoms with Crippen molar-refractivity contribution in [3.8, 4) is 0 Å². The summed E-state index contributed by atoms with van der Waals surface area (Å²) in [7, 11) is 0. The van der Waals surface area contributed by atoms with Crippen molar-refractivity contribution >= 4 is 28.3 Å². The van der Waals surface area contributed by atoms with E-state index < -0.39 is 0 Å². The lowest BCUT2D eigenvalue weighted by Crippen LogP contribution is -2.33. The van der Waals surface area contributed by atoms with E-state index in [0.717, 1.165) is 35.4 Å². The largest absolute Gasteiger partial charge is 0.349 e. The predicted octanol–water partition coefficient (Wildman–Crippen LogP) is 4.69. The first-order valence-electron chi connectivity index (χ1n) is 9.83. The van der Waals surface area contributed by atoms with Gasteiger partial charge in [-0.25, -0.2) is 4.98 Å². The number of rotatable bonds is 5. The van der Waals surface area contributed by atoms with Gasteiger partial charge in [0, 0.05) is 10.4 Å². The Hall–Kier alpha value is -2.99. The van der Waals surface area contributed by atoms with Gasteiger partial charge in [-0.2, -0.15) is 0 Å². The van der Waals surface area contributed by atoms with Crippen molar-refractivity contribution in [2.45, 2.75) is 38.1 Å². The normalized spacial score (nSPS) is 16.5. The van der Waals surface area contributed by atoms with E-state index in [2.05, 4.69) is 15.6 Å². The van der Waals surface area contributed by atoms with Crippen LogP contribution in [-0.4, -0.2) is 16.8 Å². The Balaban J connectivity index is 1.48. The molecule has 2 unspecified atom stereocenters. The number of anilines is 1. The number of aryl methyl sites for hydroxylation is 1. The van der Waals surface area contributed by atoms with Crippen molar-refractivity contribution < 1.29 is 9.59 Å². The molecule has 0 fully saturated rings. The van der Waals surface area contributed by atoms with Gasteiger partial charge in [-0.3, -0.25) is 14.9 Å². The molecule has 3 aromatic rings. The standard InChI is InChI=1S/C23H23N3O2S/c1-15(16-9-4-2-5-10-16)24-22(28)18-13-8-14-19-20(18)25-23(29-19)26-21(27)17-11-6-3-7-12-17/h2-7,9-12,15,18H,8,13-14H2,1H3,(H,24,28)(H,25,26,27). The maximum absolute atomic E-state index is 13.0. The molecule has 0 saturated carbocycles. The molecule has 0 aliphatic heterocycles. The smallest absolute Gasteiger partial charge is 0.257 e. The second-order valence-corrected chi connectivity index (χ2v) is 8.32. The predicted molar refractivity (Wildman–Crippen MR) is 115 cm³/mol. The Bertz CT molecular complexity index is 1000. The molecule has 0 saturated heterocycles. The van der Waals surface area contributed by atoms with Crippen LogP contribution in [0.15, 0.2) is 60.7 Å². The van der Waals surface area contributed by atoms with Crippen molar-refractivity contribution in [1.82, 2.24) is 10.3 Å². The summed E-state index contributed by atoms with van der Waals surface area (Å²) in [4.78, 5) is 31.1. The van der Waals surface area contributed by atoms with Crippen LogP contribution in [-0.2, 0) is 11.2 Å². The summed E-state index contributed by atoms with van der Waals surface area (Å²) in [6, 6.07) is 18.9. The number of carbonyl (C=O) groups excluding carboxylic acids is 2. The quantitative estimate of drug-likeness (QED) is 0.647. The van der Waals surface area contributed by atoms with E-state index in [4.69, 9.17) is 0 Å². The van der Waals surface area contributed by atoms with E-state index in [1.165, 1.54) is 11.3 Å².